The maximum atomic E-state index is 14.2. The molecule has 0 aliphatic heterocycles. The molecule has 0 saturated heterocycles. The van der Waals surface area contributed by atoms with Crippen molar-refractivity contribution in [3.8, 4) is 0 Å². The Morgan fingerprint density at radius 2 is 1.69 bits per heavy atom. The summed E-state index contributed by atoms with van der Waals surface area (Å²) < 4.78 is 17.2. The van der Waals surface area contributed by atoms with Gasteiger partial charge in [-0.05, 0) is 30.3 Å². The lowest BCUT2D eigenvalue weighted by molar-refractivity contribution is -0.137. The minimum atomic E-state index is -1.32. The molecule has 0 bridgehead atoms. The van der Waals surface area contributed by atoms with E-state index in [1.807, 2.05) is 0 Å². The van der Waals surface area contributed by atoms with Crippen LogP contribution in [0.2, 0.25) is 0 Å². The number of hydrogen-bond donors (Lipinski definition) is 1. The average molecular weight is 486 g/mol. The van der Waals surface area contributed by atoms with Crippen molar-refractivity contribution in [1.82, 2.24) is 9.13 Å². The smallest absolute Gasteiger partial charge is 0.332 e. The van der Waals surface area contributed by atoms with Gasteiger partial charge in [0.1, 0.15) is 12.4 Å². The largest absolute Gasteiger partial charge is 0.480 e. The number of aliphatic carboxylic acids is 1. The van der Waals surface area contributed by atoms with E-state index in [1.165, 1.54) is 22.8 Å². The Labute approximate surface area is 162 Å². The Hall–Kier alpha value is -2.26. The molecule has 3 rings (SSSR count). The number of carbonyl (C=O) groups is 1. The van der Waals surface area contributed by atoms with Crippen molar-refractivity contribution in [3.05, 3.63) is 77.6 Å². The minimum absolute atomic E-state index is 0.143. The summed E-state index contributed by atoms with van der Waals surface area (Å²) in [5.41, 5.74) is -0.983. The van der Waals surface area contributed by atoms with Gasteiger partial charge in [0.25, 0.3) is 5.56 Å². The molecular formula is C17H11Br2FN2O4. The van der Waals surface area contributed by atoms with Crippen LogP contribution in [0.3, 0.4) is 0 Å². The van der Waals surface area contributed by atoms with E-state index >= 15 is 0 Å². The summed E-state index contributed by atoms with van der Waals surface area (Å²) >= 11 is 6.42. The lowest BCUT2D eigenvalue weighted by Crippen LogP contribution is -2.42. The second-order valence-corrected chi connectivity index (χ2v) is 7.38. The minimum Gasteiger partial charge on any atom is -0.480 e. The number of benzene rings is 2. The van der Waals surface area contributed by atoms with Crippen molar-refractivity contribution in [2.24, 2.45) is 0 Å². The summed E-state index contributed by atoms with van der Waals surface area (Å²) in [5.74, 6) is -1.84. The molecule has 0 saturated carbocycles. The summed E-state index contributed by atoms with van der Waals surface area (Å²) in [6, 6.07) is 9.14. The van der Waals surface area contributed by atoms with E-state index in [0.29, 0.717) is 19.0 Å². The lowest BCUT2D eigenvalue weighted by Gasteiger charge is -2.14. The van der Waals surface area contributed by atoms with Crippen LogP contribution in [0.5, 0.6) is 0 Å². The van der Waals surface area contributed by atoms with Gasteiger partial charge in [0.05, 0.1) is 17.4 Å². The number of hydrogen-bond acceptors (Lipinski definition) is 3. The Kier molecular flexibility index (Phi) is 5.10. The molecular weight excluding hydrogens is 475 g/mol. The predicted molar refractivity (Wildman–Crippen MR) is 101 cm³/mol. The Morgan fingerprint density at radius 1 is 1.04 bits per heavy atom. The van der Waals surface area contributed by atoms with Gasteiger partial charge < -0.3 is 5.11 Å². The first-order chi connectivity index (χ1) is 12.3. The Bertz CT molecular complexity index is 1150. The van der Waals surface area contributed by atoms with Crippen molar-refractivity contribution in [2.75, 3.05) is 0 Å². The molecule has 0 amide bonds. The molecule has 9 heteroatoms. The van der Waals surface area contributed by atoms with Crippen molar-refractivity contribution < 1.29 is 14.3 Å². The second-order valence-electron chi connectivity index (χ2n) is 5.55. The first-order valence-corrected chi connectivity index (χ1v) is 8.95. The van der Waals surface area contributed by atoms with Crippen LogP contribution in [0, 0.1) is 5.82 Å². The number of fused-ring (bicyclic) bond motifs is 1. The zero-order valence-corrected chi connectivity index (χ0v) is 16.3. The molecule has 26 heavy (non-hydrogen) atoms. The standard InChI is InChI=1S/C17H11Br2FN2O4/c18-10-3-4-14-12(5-10)16(25)22(8-15(23)24)17(26)21(14)7-9-1-2-11(19)6-13(9)20/h1-6H,7-8H2,(H,23,24). The van der Waals surface area contributed by atoms with Crippen molar-refractivity contribution in [3.63, 3.8) is 0 Å². The van der Waals surface area contributed by atoms with E-state index in [2.05, 4.69) is 31.9 Å². The Balaban J connectivity index is 2.31. The van der Waals surface area contributed by atoms with Crippen LogP contribution in [0.25, 0.3) is 10.9 Å². The van der Waals surface area contributed by atoms with Gasteiger partial charge in [0.15, 0.2) is 0 Å². The molecule has 0 aliphatic carbocycles. The summed E-state index contributed by atoms with van der Waals surface area (Å²) in [5, 5.41) is 9.18. The van der Waals surface area contributed by atoms with Gasteiger partial charge in [-0.2, -0.15) is 0 Å². The number of halogens is 3. The van der Waals surface area contributed by atoms with Crippen LogP contribution in [0.1, 0.15) is 5.56 Å². The van der Waals surface area contributed by atoms with Gasteiger partial charge in [0, 0.05) is 14.5 Å². The van der Waals surface area contributed by atoms with Gasteiger partial charge in [-0.3, -0.25) is 14.2 Å². The lowest BCUT2D eigenvalue weighted by atomic mass is 10.2. The fourth-order valence-corrected chi connectivity index (χ4v) is 3.34. The van der Waals surface area contributed by atoms with E-state index < -0.39 is 29.6 Å². The van der Waals surface area contributed by atoms with Crippen LogP contribution in [0.15, 0.2) is 54.9 Å². The molecule has 2 aromatic carbocycles. The van der Waals surface area contributed by atoms with E-state index in [4.69, 9.17) is 5.11 Å². The summed E-state index contributed by atoms with van der Waals surface area (Å²) in [7, 11) is 0. The number of nitrogens with zero attached hydrogens (tertiary/aromatic N) is 2. The third kappa shape index (κ3) is 3.49. The summed E-state index contributed by atoms with van der Waals surface area (Å²) in [4.78, 5) is 36.3. The van der Waals surface area contributed by atoms with Crippen molar-refractivity contribution in [1.29, 1.82) is 0 Å². The van der Waals surface area contributed by atoms with E-state index in [0.717, 1.165) is 0 Å². The third-order valence-corrected chi connectivity index (χ3v) is 4.81. The fraction of sp³-hybridized carbons (Fsp3) is 0.118. The van der Waals surface area contributed by atoms with Crippen LogP contribution in [0.4, 0.5) is 4.39 Å². The fourth-order valence-electron chi connectivity index (χ4n) is 2.64. The van der Waals surface area contributed by atoms with Crippen LogP contribution < -0.4 is 11.2 Å². The number of carboxylic acid groups (broad SMARTS) is 1. The van der Waals surface area contributed by atoms with Gasteiger partial charge >= 0.3 is 11.7 Å². The zero-order valence-electron chi connectivity index (χ0n) is 13.1. The molecule has 1 N–H and O–H groups in total. The molecule has 0 radical (unpaired) electrons. The van der Waals surface area contributed by atoms with Crippen molar-refractivity contribution in [2.45, 2.75) is 13.1 Å². The third-order valence-electron chi connectivity index (χ3n) is 3.82. The predicted octanol–water partition coefficient (Wildman–Crippen LogP) is 2.96. The maximum Gasteiger partial charge on any atom is 0.332 e. The van der Waals surface area contributed by atoms with Crippen molar-refractivity contribution >= 4 is 48.7 Å². The normalized spacial score (nSPS) is 11.0. The maximum absolute atomic E-state index is 14.2. The highest BCUT2D eigenvalue weighted by atomic mass is 79.9. The van der Waals surface area contributed by atoms with E-state index in [1.54, 1.807) is 18.2 Å². The molecule has 0 atom stereocenters. The van der Waals surface area contributed by atoms with Gasteiger partial charge in [-0.1, -0.05) is 37.9 Å². The highest BCUT2D eigenvalue weighted by Crippen LogP contribution is 2.19. The number of aromatic nitrogens is 2. The van der Waals surface area contributed by atoms with Gasteiger partial charge in [-0.15, -0.1) is 0 Å². The van der Waals surface area contributed by atoms with E-state index in [-0.39, 0.29) is 17.5 Å². The second kappa shape index (κ2) is 7.16. The molecule has 3 aromatic rings. The summed E-state index contributed by atoms with van der Waals surface area (Å²) in [6.07, 6.45) is 0. The molecule has 0 unspecified atom stereocenters. The molecule has 6 nitrogen and oxygen atoms in total. The highest BCUT2D eigenvalue weighted by molar-refractivity contribution is 9.10. The molecule has 1 heterocycles. The van der Waals surface area contributed by atoms with Crippen LogP contribution >= 0.6 is 31.9 Å². The monoisotopic (exact) mass is 484 g/mol. The number of rotatable bonds is 4. The number of carboxylic acids is 1. The van der Waals surface area contributed by atoms with Crippen LogP contribution in [-0.4, -0.2) is 20.2 Å². The molecule has 0 aliphatic rings. The van der Waals surface area contributed by atoms with Gasteiger partial charge in [0.2, 0.25) is 0 Å². The first-order valence-electron chi connectivity index (χ1n) is 7.36. The topological polar surface area (TPSA) is 81.3 Å². The van der Waals surface area contributed by atoms with Gasteiger partial charge in [-0.25, -0.2) is 13.8 Å². The zero-order chi connectivity index (χ0) is 19.0. The quantitative estimate of drug-likeness (QED) is 0.616. The molecule has 0 fully saturated rings. The van der Waals surface area contributed by atoms with E-state index in [9.17, 15) is 18.8 Å². The Morgan fingerprint density at radius 3 is 2.35 bits per heavy atom. The SMILES string of the molecule is O=C(O)Cn1c(=O)c2cc(Br)ccc2n(Cc2ccc(Br)cc2F)c1=O. The molecule has 134 valence electrons. The first kappa shape index (κ1) is 18.5. The molecule has 0 spiro atoms. The highest BCUT2D eigenvalue weighted by Gasteiger charge is 2.16. The summed E-state index contributed by atoms with van der Waals surface area (Å²) in [6.45, 7) is -0.918. The van der Waals surface area contributed by atoms with Crippen LogP contribution in [-0.2, 0) is 17.9 Å². The molecule has 1 aromatic heterocycles. The average Bonchev–Trinajstić information content (AvgIpc) is 2.57.